The molecule has 0 fully saturated rings. The van der Waals surface area contributed by atoms with Crippen molar-refractivity contribution in [3.63, 3.8) is 0 Å². The number of aryl methyl sites for hydroxylation is 1. The standard InChI is InChI=1S/C16H27NO2S/c1-6-7-8-15-9-11-16(12-10-15)20(18,19)17(13(2)3)14(4)5/h9-14H,6-8H2,1-5H3. The quantitative estimate of drug-likeness (QED) is 0.767. The van der Waals surface area contributed by atoms with Gasteiger partial charge in [-0.15, -0.1) is 0 Å². The van der Waals surface area contributed by atoms with Crippen molar-refractivity contribution in [3.05, 3.63) is 29.8 Å². The summed E-state index contributed by atoms with van der Waals surface area (Å²) >= 11 is 0. The highest BCUT2D eigenvalue weighted by molar-refractivity contribution is 7.89. The molecule has 0 saturated heterocycles. The van der Waals surface area contributed by atoms with Crippen LogP contribution in [0, 0.1) is 0 Å². The van der Waals surface area contributed by atoms with E-state index in [1.807, 2.05) is 39.8 Å². The zero-order valence-electron chi connectivity index (χ0n) is 13.3. The summed E-state index contributed by atoms with van der Waals surface area (Å²) in [5, 5.41) is 0. The first-order valence-corrected chi connectivity index (χ1v) is 8.87. The number of hydrogen-bond acceptors (Lipinski definition) is 2. The molecule has 1 rings (SSSR count). The number of nitrogens with zero attached hydrogens (tertiary/aromatic N) is 1. The van der Waals surface area contributed by atoms with Gasteiger partial charge in [0.15, 0.2) is 0 Å². The molecular weight excluding hydrogens is 270 g/mol. The SMILES string of the molecule is CCCCc1ccc(S(=O)(=O)N(C(C)C)C(C)C)cc1. The van der Waals surface area contributed by atoms with Crippen LogP contribution in [0.25, 0.3) is 0 Å². The fourth-order valence-corrected chi connectivity index (χ4v) is 4.32. The average Bonchev–Trinajstić information content (AvgIpc) is 2.35. The molecule has 0 heterocycles. The smallest absolute Gasteiger partial charge is 0.207 e. The first kappa shape index (κ1) is 17.2. The van der Waals surface area contributed by atoms with Crippen LogP contribution in [0.4, 0.5) is 0 Å². The third-order valence-electron chi connectivity index (χ3n) is 3.34. The molecule has 0 saturated carbocycles. The van der Waals surface area contributed by atoms with E-state index in [0.717, 1.165) is 19.3 Å². The van der Waals surface area contributed by atoms with Gasteiger partial charge in [0.05, 0.1) is 4.90 Å². The van der Waals surface area contributed by atoms with Gasteiger partial charge in [-0.05, 0) is 58.2 Å². The number of sulfonamides is 1. The van der Waals surface area contributed by atoms with E-state index < -0.39 is 10.0 Å². The predicted molar refractivity (Wildman–Crippen MR) is 84.4 cm³/mol. The first-order chi connectivity index (χ1) is 9.30. The Morgan fingerprint density at radius 3 is 1.90 bits per heavy atom. The van der Waals surface area contributed by atoms with E-state index in [-0.39, 0.29) is 12.1 Å². The van der Waals surface area contributed by atoms with E-state index in [1.54, 1.807) is 16.4 Å². The van der Waals surface area contributed by atoms with E-state index in [9.17, 15) is 8.42 Å². The molecule has 4 heteroatoms. The minimum Gasteiger partial charge on any atom is -0.207 e. The van der Waals surface area contributed by atoms with Crippen molar-refractivity contribution in [2.45, 2.75) is 70.9 Å². The van der Waals surface area contributed by atoms with Gasteiger partial charge in [-0.1, -0.05) is 25.5 Å². The molecule has 0 bridgehead atoms. The van der Waals surface area contributed by atoms with Gasteiger partial charge in [-0.25, -0.2) is 8.42 Å². The van der Waals surface area contributed by atoms with Crippen molar-refractivity contribution in [2.75, 3.05) is 0 Å². The first-order valence-electron chi connectivity index (χ1n) is 7.43. The van der Waals surface area contributed by atoms with Gasteiger partial charge >= 0.3 is 0 Å². The van der Waals surface area contributed by atoms with Gasteiger partial charge in [0.2, 0.25) is 10.0 Å². The summed E-state index contributed by atoms with van der Waals surface area (Å²) in [6.07, 6.45) is 3.29. The lowest BCUT2D eigenvalue weighted by Gasteiger charge is -2.29. The number of unbranched alkanes of at least 4 members (excludes halogenated alkanes) is 1. The highest BCUT2D eigenvalue weighted by atomic mass is 32.2. The molecule has 3 nitrogen and oxygen atoms in total. The van der Waals surface area contributed by atoms with E-state index in [2.05, 4.69) is 6.92 Å². The molecule has 20 heavy (non-hydrogen) atoms. The lowest BCUT2D eigenvalue weighted by molar-refractivity contribution is 0.302. The highest BCUT2D eigenvalue weighted by Crippen LogP contribution is 2.21. The van der Waals surface area contributed by atoms with Crippen LogP contribution < -0.4 is 0 Å². The molecular formula is C16H27NO2S. The molecule has 0 aliphatic rings. The molecule has 0 aromatic heterocycles. The topological polar surface area (TPSA) is 37.4 Å². The Balaban J connectivity index is 3.03. The van der Waals surface area contributed by atoms with Crippen LogP contribution in [0.5, 0.6) is 0 Å². The van der Waals surface area contributed by atoms with Crippen molar-refractivity contribution in [2.24, 2.45) is 0 Å². The van der Waals surface area contributed by atoms with Crippen LogP contribution in [-0.4, -0.2) is 24.8 Å². The second-order valence-corrected chi connectivity index (χ2v) is 7.61. The summed E-state index contributed by atoms with van der Waals surface area (Å²) in [7, 11) is -3.40. The third kappa shape index (κ3) is 4.06. The van der Waals surface area contributed by atoms with E-state index in [4.69, 9.17) is 0 Å². The summed E-state index contributed by atoms with van der Waals surface area (Å²) in [4.78, 5) is 0.389. The zero-order valence-corrected chi connectivity index (χ0v) is 14.1. The van der Waals surface area contributed by atoms with Crippen LogP contribution in [0.1, 0.15) is 53.0 Å². The molecule has 0 aliphatic carbocycles. The van der Waals surface area contributed by atoms with Crippen molar-refractivity contribution >= 4 is 10.0 Å². The van der Waals surface area contributed by atoms with Gasteiger partial charge in [0, 0.05) is 12.1 Å². The van der Waals surface area contributed by atoms with Crippen molar-refractivity contribution in [1.82, 2.24) is 4.31 Å². The molecule has 0 spiro atoms. The lowest BCUT2D eigenvalue weighted by Crippen LogP contribution is -2.41. The Hall–Kier alpha value is -0.870. The predicted octanol–water partition coefficient (Wildman–Crippen LogP) is 3.84. The average molecular weight is 297 g/mol. The lowest BCUT2D eigenvalue weighted by atomic mass is 10.1. The molecule has 0 N–H and O–H groups in total. The second kappa shape index (κ2) is 7.23. The molecule has 0 radical (unpaired) electrons. The van der Waals surface area contributed by atoms with E-state index >= 15 is 0 Å². The Kier molecular flexibility index (Phi) is 6.21. The maximum atomic E-state index is 12.7. The minimum absolute atomic E-state index is 0.0419. The van der Waals surface area contributed by atoms with Crippen LogP contribution in [0.15, 0.2) is 29.2 Å². The third-order valence-corrected chi connectivity index (χ3v) is 5.60. The molecule has 0 atom stereocenters. The number of hydrogen-bond donors (Lipinski definition) is 0. The number of rotatable bonds is 7. The fraction of sp³-hybridized carbons (Fsp3) is 0.625. The summed E-state index contributed by atoms with van der Waals surface area (Å²) in [6, 6.07) is 7.25. The normalized spacial score (nSPS) is 12.6. The monoisotopic (exact) mass is 297 g/mol. The largest absolute Gasteiger partial charge is 0.243 e. The van der Waals surface area contributed by atoms with Crippen LogP contribution in [-0.2, 0) is 16.4 Å². The van der Waals surface area contributed by atoms with Crippen LogP contribution in [0.3, 0.4) is 0 Å². The fourth-order valence-electron chi connectivity index (χ4n) is 2.48. The van der Waals surface area contributed by atoms with Crippen LogP contribution in [0.2, 0.25) is 0 Å². The van der Waals surface area contributed by atoms with Gasteiger partial charge in [-0.2, -0.15) is 4.31 Å². The molecule has 0 unspecified atom stereocenters. The van der Waals surface area contributed by atoms with E-state index in [0.29, 0.717) is 4.90 Å². The van der Waals surface area contributed by atoms with Gasteiger partial charge in [-0.3, -0.25) is 0 Å². The Bertz CT molecular complexity index is 496. The Morgan fingerprint density at radius 2 is 1.50 bits per heavy atom. The highest BCUT2D eigenvalue weighted by Gasteiger charge is 2.29. The van der Waals surface area contributed by atoms with Gasteiger partial charge in [0.25, 0.3) is 0 Å². The maximum Gasteiger partial charge on any atom is 0.243 e. The zero-order chi connectivity index (χ0) is 15.3. The Labute approximate surface area is 124 Å². The van der Waals surface area contributed by atoms with Gasteiger partial charge < -0.3 is 0 Å². The summed E-state index contributed by atoms with van der Waals surface area (Å²) < 4.78 is 26.9. The molecule has 1 aromatic carbocycles. The number of benzene rings is 1. The summed E-state index contributed by atoms with van der Waals surface area (Å²) in [5.74, 6) is 0. The molecule has 1 aromatic rings. The maximum absolute atomic E-state index is 12.7. The molecule has 0 aliphatic heterocycles. The minimum atomic E-state index is -3.40. The van der Waals surface area contributed by atoms with Crippen LogP contribution >= 0.6 is 0 Å². The summed E-state index contributed by atoms with van der Waals surface area (Å²) in [6.45, 7) is 9.79. The van der Waals surface area contributed by atoms with Gasteiger partial charge in [0.1, 0.15) is 0 Å². The van der Waals surface area contributed by atoms with Crippen molar-refractivity contribution in [3.8, 4) is 0 Å². The second-order valence-electron chi connectivity index (χ2n) is 5.77. The Morgan fingerprint density at radius 1 is 1.00 bits per heavy atom. The summed E-state index contributed by atoms with van der Waals surface area (Å²) in [5.41, 5.74) is 1.20. The van der Waals surface area contributed by atoms with Crippen molar-refractivity contribution in [1.29, 1.82) is 0 Å². The van der Waals surface area contributed by atoms with E-state index in [1.165, 1.54) is 5.56 Å². The van der Waals surface area contributed by atoms with Crippen molar-refractivity contribution < 1.29 is 8.42 Å². The molecule has 114 valence electrons. The molecule has 0 amide bonds.